The molecule has 0 aliphatic rings. The van der Waals surface area contributed by atoms with Gasteiger partial charge in [0, 0.05) is 42.9 Å². The summed E-state index contributed by atoms with van der Waals surface area (Å²) >= 11 is 1.76. The third-order valence-corrected chi connectivity index (χ3v) is 10.5. The summed E-state index contributed by atoms with van der Waals surface area (Å²) in [6.45, 7) is 0. The molecule has 4 heteroatoms. The van der Waals surface area contributed by atoms with Gasteiger partial charge in [-0.05, 0) is 34.2 Å². The Bertz CT molecular complexity index is 2820. The highest BCUT2D eigenvalue weighted by Gasteiger charge is 2.19. The third kappa shape index (κ3) is 4.20. The van der Waals surface area contributed by atoms with Gasteiger partial charge in [0.05, 0.1) is 15.9 Å². The highest BCUT2D eigenvalue weighted by molar-refractivity contribution is 7.26. The first-order valence-corrected chi connectivity index (χ1v) is 16.9. The highest BCUT2D eigenvalue weighted by Crippen LogP contribution is 2.43. The van der Waals surface area contributed by atoms with Gasteiger partial charge in [-0.3, -0.25) is 0 Å². The number of rotatable bonds is 4. The second-order valence-electron chi connectivity index (χ2n) is 12.1. The van der Waals surface area contributed by atoms with Crippen molar-refractivity contribution in [3.8, 4) is 44.9 Å². The molecule has 0 radical (unpaired) electrons. The van der Waals surface area contributed by atoms with E-state index in [9.17, 15) is 0 Å². The summed E-state index contributed by atoms with van der Waals surface area (Å²) in [7, 11) is 0. The minimum absolute atomic E-state index is 0.728. The Hall–Kier alpha value is -6.10. The number of fused-ring (bicyclic) bond motifs is 8. The van der Waals surface area contributed by atoms with Crippen molar-refractivity contribution < 1.29 is 4.42 Å². The fourth-order valence-corrected chi connectivity index (χ4v) is 8.17. The van der Waals surface area contributed by atoms with E-state index >= 15 is 0 Å². The minimum Gasteiger partial charge on any atom is -0.455 e. The summed E-state index contributed by atoms with van der Waals surface area (Å²) in [6, 6.07) is 55.4. The Balaban J connectivity index is 1.14. The molecule has 0 unspecified atom stereocenters. The van der Waals surface area contributed by atoms with Crippen LogP contribution < -0.4 is 0 Å². The van der Waals surface area contributed by atoms with E-state index in [4.69, 9.17) is 14.4 Å². The molecule has 0 aliphatic carbocycles. The maximum atomic E-state index is 6.71. The predicted octanol–water partition coefficient (Wildman–Crippen LogP) is 12.6. The summed E-state index contributed by atoms with van der Waals surface area (Å²) in [6.07, 6.45) is 0. The zero-order valence-electron chi connectivity index (χ0n) is 25.7. The molecule has 3 heterocycles. The summed E-state index contributed by atoms with van der Waals surface area (Å²) in [5.41, 5.74) is 10.4. The van der Waals surface area contributed by atoms with E-state index in [0.29, 0.717) is 0 Å². The fraction of sp³-hybridized carbons (Fsp3) is 0. The van der Waals surface area contributed by atoms with Gasteiger partial charge in [0.15, 0.2) is 5.82 Å². The van der Waals surface area contributed by atoms with Crippen LogP contribution in [0.2, 0.25) is 0 Å². The number of benzene rings is 7. The first kappa shape index (κ1) is 27.1. The zero-order chi connectivity index (χ0) is 31.6. The molecule has 0 saturated heterocycles. The van der Waals surface area contributed by atoms with Crippen molar-refractivity contribution in [1.82, 2.24) is 9.97 Å². The van der Waals surface area contributed by atoms with Crippen LogP contribution in [0.15, 0.2) is 162 Å². The van der Waals surface area contributed by atoms with Crippen molar-refractivity contribution in [2.45, 2.75) is 0 Å². The molecule has 3 aromatic heterocycles. The summed E-state index contributed by atoms with van der Waals surface area (Å²) < 4.78 is 9.04. The van der Waals surface area contributed by atoms with Gasteiger partial charge < -0.3 is 4.42 Å². The van der Waals surface area contributed by atoms with Crippen LogP contribution in [-0.2, 0) is 0 Å². The molecule has 10 rings (SSSR count). The number of hydrogen-bond acceptors (Lipinski definition) is 4. The largest absolute Gasteiger partial charge is 0.455 e. The normalized spacial score (nSPS) is 11.8. The number of aromatic nitrogens is 2. The maximum absolute atomic E-state index is 6.71. The molecule has 7 aromatic carbocycles. The predicted molar refractivity (Wildman–Crippen MR) is 201 cm³/mol. The van der Waals surface area contributed by atoms with E-state index in [1.807, 2.05) is 12.1 Å². The molecule has 0 atom stereocenters. The maximum Gasteiger partial charge on any atom is 0.160 e. The van der Waals surface area contributed by atoms with Crippen molar-refractivity contribution in [3.63, 3.8) is 0 Å². The third-order valence-electron chi connectivity index (χ3n) is 9.31. The number of thiophene rings is 1. The Kier molecular flexibility index (Phi) is 6.05. The lowest BCUT2D eigenvalue weighted by Crippen LogP contribution is -1.93. The van der Waals surface area contributed by atoms with Crippen LogP contribution in [0.3, 0.4) is 0 Å². The Morgan fingerprint density at radius 2 is 1.02 bits per heavy atom. The van der Waals surface area contributed by atoms with Crippen LogP contribution in [0.5, 0.6) is 0 Å². The summed E-state index contributed by atoms with van der Waals surface area (Å²) in [4.78, 5) is 10.3. The zero-order valence-corrected chi connectivity index (χ0v) is 26.5. The van der Waals surface area contributed by atoms with Gasteiger partial charge in [-0.2, -0.15) is 0 Å². The number of para-hydroxylation sites is 1. The van der Waals surface area contributed by atoms with E-state index in [0.717, 1.165) is 87.6 Å². The lowest BCUT2D eigenvalue weighted by Gasteiger charge is -2.10. The van der Waals surface area contributed by atoms with Crippen molar-refractivity contribution in [2.75, 3.05) is 0 Å². The smallest absolute Gasteiger partial charge is 0.160 e. The van der Waals surface area contributed by atoms with Crippen LogP contribution >= 0.6 is 11.3 Å². The number of furan rings is 1. The molecule has 224 valence electrons. The molecular weight excluding hydrogens is 605 g/mol. The average molecular weight is 631 g/mol. The van der Waals surface area contributed by atoms with Crippen LogP contribution in [0.25, 0.3) is 97.9 Å². The molecular formula is C44H26N2OS. The van der Waals surface area contributed by atoms with Crippen molar-refractivity contribution in [2.24, 2.45) is 0 Å². The average Bonchev–Trinajstić information content (AvgIpc) is 3.74. The molecule has 10 aromatic rings. The van der Waals surface area contributed by atoms with E-state index in [-0.39, 0.29) is 0 Å². The van der Waals surface area contributed by atoms with Gasteiger partial charge >= 0.3 is 0 Å². The van der Waals surface area contributed by atoms with Crippen molar-refractivity contribution in [1.29, 1.82) is 0 Å². The lowest BCUT2D eigenvalue weighted by atomic mass is 9.94. The SMILES string of the molecule is c1ccc(-c2cccc3c2oc2c4ccccc4c(-c4ccc(-c5nc(-c6ccccc6)c6sc7ccccc7c6n5)cc4)cc32)cc1. The molecule has 0 amide bonds. The van der Waals surface area contributed by atoms with Gasteiger partial charge in [-0.15, -0.1) is 11.3 Å². The Morgan fingerprint density at radius 3 is 1.81 bits per heavy atom. The Labute approximate surface area is 280 Å². The fourth-order valence-electron chi connectivity index (χ4n) is 7.01. The molecule has 0 spiro atoms. The number of hydrogen-bond donors (Lipinski definition) is 0. The highest BCUT2D eigenvalue weighted by atomic mass is 32.1. The summed E-state index contributed by atoms with van der Waals surface area (Å²) in [5, 5.41) is 5.67. The first-order valence-electron chi connectivity index (χ1n) is 16.1. The van der Waals surface area contributed by atoms with Gasteiger partial charge in [0.25, 0.3) is 0 Å². The molecule has 0 aliphatic heterocycles. The second-order valence-corrected chi connectivity index (χ2v) is 13.2. The van der Waals surface area contributed by atoms with Crippen molar-refractivity contribution >= 4 is 64.4 Å². The van der Waals surface area contributed by atoms with Crippen LogP contribution in [0.1, 0.15) is 0 Å². The van der Waals surface area contributed by atoms with Gasteiger partial charge in [0.1, 0.15) is 11.2 Å². The molecule has 0 fully saturated rings. The van der Waals surface area contributed by atoms with E-state index in [1.165, 1.54) is 10.3 Å². The van der Waals surface area contributed by atoms with Gasteiger partial charge in [-0.25, -0.2) is 9.97 Å². The van der Waals surface area contributed by atoms with Crippen molar-refractivity contribution in [3.05, 3.63) is 158 Å². The van der Waals surface area contributed by atoms with E-state index in [1.54, 1.807) is 11.3 Å². The number of nitrogens with zero attached hydrogens (tertiary/aromatic N) is 2. The lowest BCUT2D eigenvalue weighted by molar-refractivity contribution is 0.674. The minimum atomic E-state index is 0.728. The topological polar surface area (TPSA) is 38.9 Å². The van der Waals surface area contributed by atoms with Crippen LogP contribution in [0.4, 0.5) is 0 Å². The van der Waals surface area contributed by atoms with Gasteiger partial charge in [0.2, 0.25) is 0 Å². The summed E-state index contributed by atoms with van der Waals surface area (Å²) in [5.74, 6) is 0.728. The monoisotopic (exact) mass is 630 g/mol. The van der Waals surface area contributed by atoms with E-state index < -0.39 is 0 Å². The molecule has 3 nitrogen and oxygen atoms in total. The molecule has 0 bridgehead atoms. The molecule has 0 N–H and O–H groups in total. The molecule has 48 heavy (non-hydrogen) atoms. The second kappa shape index (κ2) is 10.7. The standard InChI is InChI=1S/C44H26N2OS/c1-3-12-27(13-4-1)31-19-11-20-34-37-26-36(32-16-7-8-17-33(32)42(37)47-41(31)34)28-22-24-30(25-23-28)44-45-39(29-14-5-2-6-15-29)43-40(46-44)35-18-9-10-21-38(35)48-43/h1-26H. The quantitative estimate of drug-likeness (QED) is 0.194. The first-order chi connectivity index (χ1) is 23.8. The van der Waals surface area contributed by atoms with Crippen LogP contribution in [0, 0.1) is 0 Å². The van der Waals surface area contributed by atoms with Gasteiger partial charge in [-0.1, -0.05) is 146 Å². The molecule has 0 saturated carbocycles. The van der Waals surface area contributed by atoms with E-state index in [2.05, 4.69) is 146 Å². The van der Waals surface area contributed by atoms with Crippen LogP contribution in [-0.4, -0.2) is 9.97 Å². The Morgan fingerprint density at radius 1 is 0.417 bits per heavy atom.